The lowest BCUT2D eigenvalue weighted by Crippen LogP contribution is -1.94. The van der Waals surface area contributed by atoms with Gasteiger partial charge < -0.3 is 9.15 Å². The molecule has 3 heteroatoms. The normalized spacial score (nSPS) is 9.85. The maximum Gasteiger partial charge on any atom is 0.180 e. The molecule has 0 amide bonds. The van der Waals surface area contributed by atoms with E-state index in [1.165, 1.54) is 6.39 Å². The van der Waals surface area contributed by atoms with Crippen molar-refractivity contribution in [3.05, 3.63) is 48.7 Å². The molecular formula is C10H9NO2. The molecule has 2 aromatic rings. The van der Waals surface area contributed by atoms with E-state index >= 15 is 0 Å². The van der Waals surface area contributed by atoms with Gasteiger partial charge in [-0.15, -0.1) is 0 Å². The van der Waals surface area contributed by atoms with Crippen molar-refractivity contribution in [3.63, 3.8) is 0 Å². The van der Waals surface area contributed by atoms with Crippen LogP contribution in [0.2, 0.25) is 0 Å². The van der Waals surface area contributed by atoms with Gasteiger partial charge in [-0.25, -0.2) is 4.98 Å². The highest BCUT2D eigenvalue weighted by Crippen LogP contribution is 2.10. The molecule has 0 saturated heterocycles. The summed E-state index contributed by atoms with van der Waals surface area (Å²) in [6, 6.07) is 9.61. The van der Waals surface area contributed by atoms with Crippen LogP contribution in [0.15, 0.2) is 47.4 Å². The molecule has 0 N–H and O–H groups in total. The largest absolute Gasteiger partial charge is 0.487 e. The smallest absolute Gasteiger partial charge is 0.180 e. The third-order valence-electron chi connectivity index (χ3n) is 1.61. The van der Waals surface area contributed by atoms with Gasteiger partial charge in [0.05, 0.1) is 0 Å². The van der Waals surface area contributed by atoms with Gasteiger partial charge in [-0.3, -0.25) is 0 Å². The Hall–Kier alpha value is -1.77. The highest BCUT2D eigenvalue weighted by atomic mass is 16.5. The second kappa shape index (κ2) is 3.76. The molecule has 1 aromatic carbocycles. The van der Waals surface area contributed by atoms with Crippen molar-refractivity contribution in [2.45, 2.75) is 6.61 Å². The summed E-state index contributed by atoms with van der Waals surface area (Å²) in [6.45, 7) is 0.445. The SMILES string of the molecule is c1ccc(OCc2cocn2)cc1. The monoisotopic (exact) mass is 175 g/mol. The first-order chi connectivity index (χ1) is 6.45. The Kier molecular flexibility index (Phi) is 2.27. The van der Waals surface area contributed by atoms with Crippen molar-refractivity contribution in [2.24, 2.45) is 0 Å². The Bertz CT molecular complexity index is 342. The van der Waals surface area contributed by atoms with E-state index in [4.69, 9.17) is 9.15 Å². The minimum absolute atomic E-state index is 0.445. The van der Waals surface area contributed by atoms with Gasteiger partial charge in [-0.05, 0) is 12.1 Å². The molecule has 0 aliphatic carbocycles. The molecule has 0 saturated carbocycles. The zero-order valence-electron chi connectivity index (χ0n) is 7.01. The number of benzene rings is 1. The summed E-state index contributed by atoms with van der Waals surface area (Å²) in [5.74, 6) is 0.838. The van der Waals surface area contributed by atoms with Crippen molar-refractivity contribution < 1.29 is 9.15 Å². The molecule has 0 aliphatic heterocycles. The van der Waals surface area contributed by atoms with E-state index in [0.29, 0.717) is 6.61 Å². The summed E-state index contributed by atoms with van der Waals surface area (Å²) in [5.41, 5.74) is 0.795. The number of aromatic nitrogens is 1. The standard InChI is InChI=1S/C10H9NO2/c1-2-4-10(5-3-1)13-7-9-6-12-8-11-9/h1-6,8H,7H2. The molecule has 2 rings (SSSR count). The number of rotatable bonds is 3. The fourth-order valence-electron chi connectivity index (χ4n) is 0.983. The van der Waals surface area contributed by atoms with E-state index in [9.17, 15) is 0 Å². The van der Waals surface area contributed by atoms with Crippen LogP contribution in [0, 0.1) is 0 Å². The summed E-state index contributed by atoms with van der Waals surface area (Å²) in [4.78, 5) is 3.94. The number of nitrogens with zero attached hydrogens (tertiary/aromatic N) is 1. The van der Waals surface area contributed by atoms with Gasteiger partial charge >= 0.3 is 0 Å². The van der Waals surface area contributed by atoms with Crippen LogP contribution < -0.4 is 4.74 Å². The number of hydrogen-bond acceptors (Lipinski definition) is 3. The average molecular weight is 175 g/mol. The van der Waals surface area contributed by atoms with Gasteiger partial charge in [0, 0.05) is 0 Å². The first kappa shape index (κ1) is 7.86. The molecule has 0 atom stereocenters. The highest BCUT2D eigenvalue weighted by Gasteiger charge is 1.96. The topological polar surface area (TPSA) is 35.3 Å². The van der Waals surface area contributed by atoms with Crippen molar-refractivity contribution in [1.29, 1.82) is 0 Å². The van der Waals surface area contributed by atoms with Crippen LogP contribution in [0.1, 0.15) is 5.69 Å². The van der Waals surface area contributed by atoms with E-state index in [1.807, 2.05) is 30.3 Å². The summed E-state index contributed by atoms with van der Waals surface area (Å²) in [6.07, 6.45) is 2.96. The second-order valence-electron chi connectivity index (χ2n) is 2.58. The number of ether oxygens (including phenoxy) is 1. The maximum absolute atomic E-state index is 5.43. The first-order valence-corrected chi connectivity index (χ1v) is 4.00. The molecule has 0 spiro atoms. The molecule has 0 fully saturated rings. The Morgan fingerprint density at radius 2 is 2.08 bits per heavy atom. The Morgan fingerprint density at radius 3 is 2.77 bits per heavy atom. The van der Waals surface area contributed by atoms with Gasteiger partial charge in [0.1, 0.15) is 24.3 Å². The average Bonchev–Trinajstić information content (AvgIpc) is 2.69. The second-order valence-corrected chi connectivity index (χ2v) is 2.58. The van der Waals surface area contributed by atoms with E-state index < -0.39 is 0 Å². The maximum atomic E-state index is 5.43. The summed E-state index contributed by atoms with van der Waals surface area (Å²) in [5, 5.41) is 0. The summed E-state index contributed by atoms with van der Waals surface area (Å²) >= 11 is 0. The van der Waals surface area contributed by atoms with Crippen molar-refractivity contribution in [2.75, 3.05) is 0 Å². The molecule has 0 radical (unpaired) electrons. The fraction of sp³-hybridized carbons (Fsp3) is 0.100. The predicted octanol–water partition coefficient (Wildman–Crippen LogP) is 2.25. The summed E-state index contributed by atoms with van der Waals surface area (Å²) < 4.78 is 10.2. The van der Waals surface area contributed by atoms with Gasteiger partial charge in [0.2, 0.25) is 0 Å². The molecular weight excluding hydrogens is 166 g/mol. The van der Waals surface area contributed by atoms with Gasteiger partial charge in [0.15, 0.2) is 6.39 Å². The van der Waals surface area contributed by atoms with E-state index in [-0.39, 0.29) is 0 Å². The lowest BCUT2D eigenvalue weighted by molar-refractivity contribution is 0.301. The molecule has 0 bridgehead atoms. The zero-order chi connectivity index (χ0) is 8.93. The lowest BCUT2D eigenvalue weighted by Gasteiger charge is -2.01. The molecule has 1 aromatic heterocycles. The Morgan fingerprint density at radius 1 is 1.23 bits per heavy atom. The van der Waals surface area contributed by atoms with Crippen molar-refractivity contribution in [3.8, 4) is 5.75 Å². The zero-order valence-corrected chi connectivity index (χ0v) is 7.01. The first-order valence-electron chi connectivity index (χ1n) is 4.00. The lowest BCUT2D eigenvalue weighted by atomic mass is 10.3. The quantitative estimate of drug-likeness (QED) is 0.717. The Balaban J connectivity index is 1.94. The number of oxazole rings is 1. The van der Waals surface area contributed by atoms with Crippen LogP contribution in [0.5, 0.6) is 5.75 Å². The molecule has 0 aliphatic rings. The molecule has 0 unspecified atom stereocenters. The third-order valence-corrected chi connectivity index (χ3v) is 1.61. The summed E-state index contributed by atoms with van der Waals surface area (Å²) in [7, 11) is 0. The fourth-order valence-corrected chi connectivity index (χ4v) is 0.983. The van der Waals surface area contributed by atoms with E-state index in [1.54, 1.807) is 6.26 Å². The number of hydrogen-bond donors (Lipinski definition) is 0. The van der Waals surface area contributed by atoms with Gasteiger partial charge in [0.25, 0.3) is 0 Å². The van der Waals surface area contributed by atoms with Crippen LogP contribution in [-0.4, -0.2) is 4.98 Å². The van der Waals surface area contributed by atoms with Crippen molar-refractivity contribution >= 4 is 0 Å². The molecule has 3 nitrogen and oxygen atoms in total. The van der Waals surface area contributed by atoms with Gasteiger partial charge in [-0.2, -0.15) is 0 Å². The molecule has 13 heavy (non-hydrogen) atoms. The third kappa shape index (κ3) is 2.08. The van der Waals surface area contributed by atoms with E-state index in [2.05, 4.69) is 4.98 Å². The van der Waals surface area contributed by atoms with Gasteiger partial charge in [-0.1, -0.05) is 18.2 Å². The number of para-hydroxylation sites is 1. The minimum Gasteiger partial charge on any atom is -0.487 e. The van der Waals surface area contributed by atoms with Crippen LogP contribution in [-0.2, 0) is 6.61 Å². The van der Waals surface area contributed by atoms with E-state index in [0.717, 1.165) is 11.4 Å². The molecule has 66 valence electrons. The highest BCUT2D eigenvalue weighted by molar-refractivity contribution is 5.21. The van der Waals surface area contributed by atoms with Crippen LogP contribution in [0.25, 0.3) is 0 Å². The van der Waals surface area contributed by atoms with Crippen LogP contribution in [0.3, 0.4) is 0 Å². The van der Waals surface area contributed by atoms with Crippen molar-refractivity contribution in [1.82, 2.24) is 4.98 Å². The predicted molar refractivity (Wildman–Crippen MR) is 47.3 cm³/mol. The van der Waals surface area contributed by atoms with Crippen LogP contribution >= 0.6 is 0 Å². The van der Waals surface area contributed by atoms with Crippen LogP contribution in [0.4, 0.5) is 0 Å². The Labute approximate surface area is 76.0 Å². The minimum atomic E-state index is 0.445. The molecule has 1 heterocycles.